The van der Waals surface area contributed by atoms with E-state index in [9.17, 15) is 14.4 Å². The van der Waals surface area contributed by atoms with E-state index in [4.69, 9.17) is 14.2 Å². The number of rotatable bonds is 9. The summed E-state index contributed by atoms with van der Waals surface area (Å²) >= 11 is 0. The topological polar surface area (TPSA) is 97.4 Å². The molecular formula is C34H37N3O6. The van der Waals surface area contributed by atoms with Crippen molar-refractivity contribution in [3.05, 3.63) is 101 Å². The second kappa shape index (κ2) is 12.9. The van der Waals surface area contributed by atoms with Crippen LogP contribution in [0.3, 0.4) is 0 Å². The van der Waals surface area contributed by atoms with Crippen LogP contribution in [0, 0.1) is 11.8 Å². The number of benzene rings is 3. The molecule has 43 heavy (non-hydrogen) atoms. The molecule has 4 aliphatic heterocycles. The summed E-state index contributed by atoms with van der Waals surface area (Å²) < 4.78 is 16.8. The molecule has 2 atom stereocenters. The molecular weight excluding hydrogens is 546 g/mol. The number of hydrogen-bond donors (Lipinski definition) is 1. The number of fused-ring (bicyclic) bond motifs is 3. The third-order valence-corrected chi connectivity index (χ3v) is 8.75. The highest BCUT2D eigenvalue weighted by Gasteiger charge is 2.38. The minimum absolute atomic E-state index is 0.0713. The number of carbonyl (C=O) groups is 3. The second-order valence-corrected chi connectivity index (χ2v) is 11.6. The molecule has 9 heteroatoms. The molecule has 224 valence electrons. The van der Waals surface area contributed by atoms with Gasteiger partial charge in [0, 0.05) is 25.2 Å². The van der Waals surface area contributed by atoms with Gasteiger partial charge in [0.1, 0.15) is 18.5 Å². The Kier molecular flexibility index (Phi) is 8.60. The molecule has 4 saturated heterocycles. The van der Waals surface area contributed by atoms with Gasteiger partial charge in [0.25, 0.3) is 5.91 Å². The minimum atomic E-state index is -0.410. The molecule has 9 nitrogen and oxygen atoms in total. The molecule has 7 rings (SSSR count). The fraction of sp³-hybridized carbons (Fsp3) is 0.382. The summed E-state index contributed by atoms with van der Waals surface area (Å²) in [5.74, 6) is 0.470. The Hall–Kier alpha value is -4.37. The van der Waals surface area contributed by atoms with E-state index in [1.807, 2.05) is 66.7 Å². The SMILES string of the molecule is COC(=O)C1CN(C(=O)c2ccc(COc3cccc(C(NC(=O)O[C@H]4CN5CCC4CC5)c4ccccc4)c3)cc2)C1. The van der Waals surface area contributed by atoms with Gasteiger partial charge >= 0.3 is 12.1 Å². The van der Waals surface area contributed by atoms with Crippen molar-refractivity contribution in [2.24, 2.45) is 11.8 Å². The first-order valence-electron chi connectivity index (χ1n) is 14.9. The highest BCUT2D eigenvalue weighted by molar-refractivity contribution is 5.95. The Bertz CT molecular complexity index is 1430. The summed E-state index contributed by atoms with van der Waals surface area (Å²) in [6.45, 7) is 4.06. The maximum atomic E-state index is 13.1. The van der Waals surface area contributed by atoms with E-state index >= 15 is 0 Å². The maximum Gasteiger partial charge on any atom is 0.408 e. The number of methoxy groups -OCH3 is 1. The first kappa shape index (κ1) is 28.7. The predicted molar refractivity (Wildman–Crippen MR) is 159 cm³/mol. The number of ether oxygens (including phenoxy) is 3. The molecule has 1 unspecified atom stereocenters. The van der Waals surface area contributed by atoms with E-state index < -0.39 is 12.1 Å². The summed E-state index contributed by atoms with van der Waals surface area (Å²) in [6, 6.07) is 24.4. The van der Waals surface area contributed by atoms with Gasteiger partial charge in [-0.25, -0.2) is 4.79 Å². The smallest absolute Gasteiger partial charge is 0.408 e. The lowest BCUT2D eigenvalue weighted by Gasteiger charge is -2.43. The lowest BCUT2D eigenvalue weighted by atomic mass is 9.86. The zero-order chi connectivity index (χ0) is 29.8. The highest BCUT2D eigenvalue weighted by atomic mass is 16.6. The number of alkyl carbamates (subject to hydrolysis) is 1. The molecule has 3 aromatic rings. The number of hydrogen-bond acceptors (Lipinski definition) is 7. The molecule has 2 amide bonds. The van der Waals surface area contributed by atoms with E-state index in [0.29, 0.717) is 36.9 Å². The Morgan fingerprint density at radius 3 is 2.28 bits per heavy atom. The largest absolute Gasteiger partial charge is 0.489 e. The number of nitrogens with one attached hydrogen (secondary N) is 1. The molecule has 0 aromatic heterocycles. The average molecular weight is 584 g/mol. The van der Waals surface area contributed by atoms with Crippen LogP contribution in [-0.4, -0.2) is 73.7 Å². The molecule has 2 bridgehead atoms. The van der Waals surface area contributed by atoms with Crippen molar-refractivity contribution in [3.8, 4) is 5.75 Å². The van der Waals surface area contributed by atoms with Crippen LogP contribution in [0.25, 0.3) is 0 Å². The Balaban J connectivity index is 1.08. The van der Waals surface area contributed by atoms with Crippen LogP contribution in [0.15, 0.2) is 78.9 Å². The predicted octanol–water partition coefficient (Wildman–Crippen LogP) is 4.42. The van der Waals surface area contributed by atoms with E-state index in [-0.39, 0.29) is 23.9 Å². The van der Waals surface area contributed by atoms with Crippen LogP contribution < -0.4 is 10.1 Å². The summed E-state index contributed by atoms with van der Waals surface area (Å²) in [5.41, 5.74) is 3.31. The number of nitrogens with zero attached hydrogens (tertiary/aromatic N) is 2. The van der Waals surface area contributed by atoms with E-state index in [1.54, 1.807) is 17.0 Å². The Morgan fingerprint density at radius 1 is 0.884 bits per heavy atom. The number of piperidine rings is 3. The quantitative estimate of drug-likeness (QED) is 0.373. The van der Waals surface area contributed by atoms with Gasteiger partial charge in [-0.3, -0.25) is 14.5 Å². The van der Waals surface area contributed by atoms with E-state index in [2.05, 4.69) is 10.2 Å². The van der Waals surface area contributed by atoms with Crippen LogP contribution in [0.1, 0.15) is 45.9 Å². The lowest BCUT2D eigenvalue weighted by Crippen LogP contribution is -2.53. The molecule has 0 radical (unpaired) electrons. The maximum absolute atomic E-state index is 13.1. The molecule has 3 aromatic carbocycles. The van der Waals surface area contributed by atoms with Crippen LogP contribution in [-0.2, 0) is 20.9 Å². The number of likely N-dealkylation sites (tertiary alicyclic amines) is 1. The summed E-state index contributed by atoms with van der Waals surface area (Å²) in [7, 11) is 1.36. The number of amides is 2. The monoisotopic (exact) mass is 583 g/mol. The summed E-state index contributed by atoms with van der Waals surface area (Å²) in [6.07, 6.45) is 1.67. The normalized spacial score (nSPS) is 21.8. The average Bonchev–Trinajstić information content (AvgIpc) is 3.03. The molecule has 4 heterocycles. The second-order valence-electron chi connectivity index (χ2n) is 11.6. The number of carbonyl (C=O) groups excluding carboxylic acids is 3. The van der Waals surface area contributed by atoms with Crippen LogP contribution >= 0.6 is 0 Å². The third kappa shape index (κ3) is 6.67. The van der Waals surface area contributed by atoms with Gasteiger partial charge in [-0.05, 0) is 72.8 Å². The zero-order valence-corrected chi connectivity index (χ0v) is 24.3. The molecule has 4 aliphatic rings. The zero-order valence-electron chi connectivity index (χ0n) is 24.3. The van der Waals surface area contributed by atoms with Crippen LogP contribution in [0.5, 0.6) is 5.75 Å². The fourth-order valence-corrected chi connectivity index (χ4v) is 6.18. The first-order valence-corrected chi connectivity index (χ1v) is 14.9. The fourth-order valence-electron chi connectivity index (χ4n) is 6.18. The van der Waals surface area contributed by atoms with Gasteiger partial charge in [0.15, 0.2) is 0 Å². The standard InChI is InChI=1S/C34H37N3O6/c1-41-33(39)28-19-37(20-28)32(38)26-12-10-23(11-13-26)22-42-29-9-5-8-27(18-29)31(25-6-3-2-4-7-25)35-34(40)43-30-21-36-16-14-24(30)15-17-36/h2-13,18,24,28,30-31H,14-17,19-22H2,1H3,(H,35,40)/t30-,31?/m0/s1. The van der Waals surface area contributed by atoms with Crippen molar-refractivity contribution in [3.63, 3.8) is 0 Å². The van der Waals surface area contributed by atoms with Gasteiger partial charge in [-0.1, -0.05) is 54.6 Å². The van der Waals surface area contributed by atoms with Crippen molar-refractivity contribution in [1.82, 2.24) is 15.1 Å². The minimum Gasteiger partial charge on any atom is -0.489 e. The van der Waals surface area contributed by atoms with Gasteiger partial charge in [-0.15, -0.1) is 0 Å². The van der Waals surface area contributed by atoms with Crippen molar-refractivity contribution in [1.29, 1.82) is 0 Å². The van der Waals surface area contributed by atoms with Gasteiger partial charge in [0.2, 0.25) is 0 Å². The van der Waals surface area contributed by atoms with Gasteiger partial charge in [-0.2, -0.15) is 0 Å². The van der Waals surface area contributed by atoms with Gasteiger partial charge < -0.3 is 24.4 Å². The summed E-state index contributed by atoms with van der Waals surface area (Å²) in [5, 5.41) is 3.11. The molecule has 0 saturated carbocycles. The van der Waals surface area contributed by atoms with Gasteiger partial charge in [0.05, 0.1) is 19.1 Å². The highest BCUT2D eigenvalue weighted by Crippen LogP contribution is 2.31. The van der Waals surface area contributed by atoms with E-state index in [0.717, 1.165) is 49.2 Å². The van der Waals surface area contributed by atoms with Crippen molar-refractivity contribution < 1.29 is 28.6 Å². The van der Waals surface area contributed by atoms with Crippen molar-refractivity contribution in [2.75, 3.05) is 39.8 Å². The number of esters is 1. The van der Waals surface area contributed by atoms with E-state index in [1.165, 1.54) is 7.11 Å². The third-order valence-electron chi connectivity index (χ3n) is 8.75. The summed E-state index contributed by atoms with van der Waals surface area (Å²) in [4.78, 5) is 41.4. The molecule has 4 fully saturated rings. The van der Waals surface area contributed by atoms with Crippen molar-refractivity contribution in [2.45, 2.75) is 31.6 Å². The molecule has 0 aliphatic carbocycles. The van der Waals surface area contributed by atoms with Crippen molar-refractivity contribution >= 4 is 18.0 Å². The first-order chi connectivity index (χ1) is 21.0. The van der Waals surface area contributed by atoms with Crippen LogP contribution in [0.2, 0.25) is 0 Å². The lowest BCUT2D eigenvalue weighted by molar-refractivity contribution is -0.149. The Labute approximate surface area is 251 Å². The Morgan fingerprint density at radius 2 is 1.60 bits per heavy atom. The molecule has 1 N–H and O–H groups in total. The molecule has 0 spiro atoms. The van der Waals surface area contributed by atoms with Crippen LogP contribution in [0.4, 0.5) is 4.79 Å².